The summed E-state index contributed by atoms with van der Waals surface area (Å²) in [7, 11) is 1.25. The molecule has 0 unspecified atom stereocenters. The van der Waals surface area contributed by atoms with Crippen molar-refractivity contribution in [3.05, 3.63) is 59.2 Å². The lowest BCUT2D eigenvalue weighted by molar-refractivity contribution is 0.0270. The minimum absolute atomic E-state index is 0.101. The molecule has 0 saturated carbocycles. The van der Waals surface area contributed by atoms with Crippen LogP contribution in [0.4, 0.5) is 15.3 Å². The van der Waals surface area contributed by atoms with Crippen molar-refractivity contribution >= 4 is 40.8 Å². The zero-order valence-corrected chi connectivity index (χ0v) is 22.6. The van der Waals surface area contributed by atoms with Gasteiger partial charge in [-0.25, -0.2) is 23.9 Å². The van der Waals surface area contributed by atoms with Gasteiger partial charge in [-0.2, -0.15) is 10.00 Å². The van der Waals surface area contributed by atoms with Crippen LogP contribution >= 0.6 is 11.3 Å². The molecule has 0 aliphatic carbocycles. The lowest BCUT2D eigenvalue weighted by atomic mass is 9.91. The van der Waals surface area contributed by atoms with Crippen LogP contribution in [0.1, 0.15) is 49.9 Å². The van der Waals surface area contributed by atoms with Gasteiger partial charge in [0.25, 0.3) is 0 Å². The fraction of sp³-hybridized carbons (Fsp3) is 0.296. The predicted octanol–water partition coefficient (Wildman–Crippen LogP) is 6.04. The molecule has 0 N–H and O–H groups in total. The van der Waals surface area contributed by atoms with E-state index in [2.05, 4.69) is 10.1 Å². The highest BCUT2D eigenvalue weighted by Crippen LogP contribution is 2.51. The molecule has 38 heavy (non-hydrogen) atoms. The summed E-state index contributed by atoms with van der Waals surface area (Å²) in [4.78, 5) is 44.9. The number of amides is 2. The number of imide groups is 1. The first-order valence-corrected chi connectivity index (χ1v) is 12.6. The lowest BCUT2D eigenvalue weighted by Gasteiger charge is -2.37. The number of carbonyl (C=O) groups is 3. The molecule has 10 nitrogen and oxygen atoms in total. The van der Waals surface area contributed by atoms with Crippen molar-refractivity contribution < 1.29 is 28.6 Å². The SMILES string of the molecule is COC(=O)c1sc(-c2ccc(-c3cc4ncccn4n3)cc2)c2c1N(C(=O)OC(C)(C)C)C(=O)OC2(C)C. The number of carbonyl (C=O) groups excluding carboxylic acids is 3. The van der Waals surface area contributed by atoms with Crippen molar-refractivity contribution in [2.24, 2.45) is 0 Å². The topological polar surface area (TPSA) is 112 Å². The van der Waals surface area contributed by atoms with Crippen LogP contribution in [0.5, 0.6) is 0 Å². The number of rotatable bonds is 3. The van der Waals surface area contributed by atoms with Crippen molar-refractivity contribution in [2.45, 2.75) is 45.8 Å². The van der Waals surface area contributed by atoms with Crippen LogP contribution in [0.15, 0.2) is 48.8 Å². The van der Waals surface area contributed by atoms with Gasteiger partial charge in [-0.15, -0.1) is 11.3 Å². The molecule has 11 heteroatoms. The summed E-state index contributed by atoms with van der Waals surface area (Å²) >= 11 is 1.12. The van der Waals surface area contributed by atoms with Gasteiger partial charge in [0.05, 0.1) is 18.5 Å². The lowest BCUT2D eigenvalue weighted by Crippen LogP contribution is -2.48. The van der Waals surface area contributed by atoms with Crippen LogP contribution in [-0.4, -0.2) is 45.5 Å². The summed E-state index contributed by atoms with van der Waals surface area (Å²) in [6, 6.07) is 11.3. The molecule has 1 aromatic carbocycles. The molecule has 1 aliphatic rings. The summed E-state index contributed by atoms with van der Waals surface area (Å²) < 4.78 is 17.9. The van der Waals surface area contributed by atoms with E-state index in [0.29, 0.717) is 10.4 Å². The second-order valence-corrected chi connectivity index (χ2v) is 11.2. The van der Waals surface area contributed by atoms with Gasteiger partial charge in [-0.3, -0.25) is 0 Å². The Morgan fingerprint density at radius 3 is 2.42 bits per heavy atom. The van der Waals surface area contributed by atoms with E-state index in [4.69, 9.17) is 14.2 Å². The van der Waals surface area contributed by atoms with E-state index in [9.17, 15) is 14.4 Å². The van der Waals surface area contributed by atoms with Crippen LogP contribution in [-0.2, 0) is 19.8 Å². The summed E-state index contributed by atoms with van der Waals surface area (Å²) in [6.45, 7) is 8.49. The van der Waals surface area contributed by atoms with Crippen LogP contribution in [0.25, 0.3) is 27.3 Å². The molecule has 4 aromatic rings. The number of cyclic esters (lactones) is 1. The first-order chi connectivity index (χ1) is 17.9. The average Bonchev–Trinajstić information content (AvgIpc) is 3.45. The summed E-state index contributed by atoms with van der Waals surface area (Å²) in [6.07, 6.45) is 1.66. The Labute approximate surface area is 222 Å². The van der Waals surface area contributed by atoms with Crippen LogP contribution < -0.4 is 4.90 Å². The third kappa shape index (κ3) is 4.38. The number of aromatic nitrogens is 3. The van der Waals surface area contributed by atoms with E-state index in [0.717, 1.165) is 38.7 Å². The zero-order valence-electron chi connectivity index (χ0n) is 21.8. The van der Waals surface area contributed by atoms with Gasteiger partial charge in [0.15, 0.2) is 5.65 Å². The monoisotopic (exact) mass is 534 g/mol. The molecule has 3 aromatic heterocycles. The van der Waals surface area contributed by atoms with E-state index in [-0.39, 0.29) is 10.6 Å². The van der Waals surface area contributed by atoms with Crippen molar-refractivity contribution in [3.63, 3.8) is 0 Å². The Kier molecular flexibility index (Phi) is 5.98. The van der Waals surface area contributed by atoms with E-state index in [1.807, 2.05) is 36.5 Å². The predicted molar refractivity (Wildman–Crippen MR) is 141 cm³/mol. The standard InChI is InChI=1S/C27H26N4O6S/c1-26(2,3)36-24(33)31-20-19(27(4,5)37-25(31)34)21(38-22(20)23(32)35-6)16-10-8-15(9-11-16)17-14-18-28-12-7-13-30(18)29-17/h7-14H,1-6H3. The van der Waals surface area contributed by atoms with Gasteiger partial charge in [-0.05, 0) is 46.2 Å². The first kappa shape index (κ1) is 25.4. The zero-order chi connectivity index (χ0) is 27.4. The molecule has 4 heterocycles. The Hall–Kier alpha value is -4.25. The maximum absolute atomic E-state index is 13.1. The summed E-state index contributed by atoms with van der Waals surface area (Å²) in [5, 5.41) is 4.56. The third-order valence-electron chi connectivity index (χ3n) is 5.86. The number of benzene rings is 1. The molecule has 0 atom stereocenters. The number of hydrogen-bond donors (Lipinski definition) is 0. The summed E-state index contributed by atoms with van der Waals surface area (Å²) in [5.41, 5.74) is 1.73. The number of esters is 1. The van der Waals surface area contributed by atoms with Gasteiger partial charge in [-0.1, -0.05) is 24.3 Å². The Morgan fingerprint density at radius 1 is 1.11 bits per heavy atom. The smallest absolute Gasteiger partial charge is 0.424 e. The molecule has 0 spiro atoms. The van der Waals surface area contributed by atoms with Gasteiger partial charge < -0.3 is 14.2 Å². The molecule has 0 saturated heterocycles. The highest BCUT2D eigenvalue weighted by Gasteiger charge is 2.48. The van der Waals surface area contributed by atoms with Crippen molar-refractivity contribution in [1.82, 2.24) is 14.6 Å². The van der Waals surface area contributed by atoms with E-state index < -0.39 is 29.4 Å². The Balaban J connectivity index is 1.64. The van der Waals surface area contributed by atoms with E-state index >= 15 is 0 Å². The quantitative estimate of drug-likeness (QED) is 0.231. The van der Waals surface area contributed by atoms with Crippen molar-refractivity contribution in [3.8, 4) is 21.7 Å². The fourth-order valence-corrected chi connectivity index (χ4v) is 5.63. The van der Waals surface area contributed by atoms with Crippen LogP contribution in [0, 0.1) is 0 Å². The molecular weight excluding hydrogens is 508 g/mol. The van der Waals surface area contributed by atoms with Crippen LogP contribution in [0.2, 0.25) is 0 Å². The second-order valence-electron chi connectivity index (χ2n) is 10.2. The normalized spacial score (nSPS) is 14.7. The number of nitrogens with zero attached hydrogens (tertiary/aromatic N) is 4. The number of fused-ring (bicyclic) bond motifs is 2. The van der Waals surface area contributed by atoms with Gasteiger partial charge in [0, 0.05) is 34.5 Å². The van der Waals surface area contributed by atoms with Crippen molar-refractivity contribution in [2.75, 3.05) is 12.0 Å². The third-order valence-corrected chi connectivity index (χ3v) is 7.07. The molecule has 0 fully saturated rings. The van der Waals surface area contributed by atoms with Gasteiger partial charge in [0.2, 0.25) is 0 Å². The molecule has 0 radical (unpaired) electrons. The Morgan fingerprint density at radius 2 is 1.79 bits per heavy atom. The summed E-state index contributed by atoms with van der Waals surface area (Å²) in [5.74, 6) is -0.676. The van der Waals surface area contributed by atoms with E-state index in [1.54, 1.807) is 51.4 Å². The van der Waals surface area contributed by atoms with Crippen LogP contribution in [0.3, 0.4) is 0 Å². The van der Waals surface area contributed by atoms with Gasteiger partial charge >= 0.3 is 18.2 Å². The number of anilines is 1. The second kappa shape index (κ2) is 8.95. The largest absolute Gasteiger partial charge is 0.465 e. The molecule has 196 valence electrons. The van der Waals surface area contributed by atoms with Crippen molar-refractivity contribution in [1.29, 1.82) is 0 Å². The fourth-order valence-electron chi connectivity index (χ4n) is 4.27. The minimum Gasteiger partial charge on any atom is -0.465 e. The highest BCUT2D eigenvalue weighted by atomic mass is 32.1. The molecule has 5 rings (SSSR count). The maximum atomic E-state index is 13.1. The minimum atomic E-state index is -1.14. The number of hydrogen-bond acceptors (Lipinski definition) is 9. The molecule has 1 aliphatic heterocycles. The number of ether oxygens (including phenoxy) is 3. The Bertz CT molecular complexity index is 1550. The molecular formula is C27H26N4O6S. The van der Waals surface area contributed by atoms with E-state index in [1.165, 1.54) is 7.11 Å². The number of methoxy groups -OCH3 is 1. The molecule has 2 amide bonds. The highest BCUT2D eigenvalue weighted by molar-refractivity contribution is 7.18. The molecule has 0 bridgehead atoms. The average molecular weight is 535 g/mol. The first-order valence-electron chi connectivity index (χ1n) is 11.8. The maximum Gasteiger partial charge on any atom is 0.424 e. The number of thiophene rings is 1. The van der Waals surface area contributed by atoms with Gasteiger partial charge in [0.1, 0.15) is 16.1 Å².